The van der Waals surface area contributed by atoms with Crippen LogP contribution in [0.4, 0.5) is 0 Å². The van der Waals surface area contributed by atoms with Gasteiger partial charge in [-0.1, -0.05) is 12.1 Å². The van der Waals surface area contributed by atoms with E-state index in [1.807, 2.05) is 36.6 Å². The molecule has 1 saturated heterocycles. The van der Waals surface area contributed by atoms with Crippen LogP contribution in [0.15, 0.2) is 29.6 Å². The van der Waals surface area contributed by atoms with Crippen molar-refractivity contribution >= 4 is 38.8 Å². The van der Waals surface area contributed by atoms with E-state index in [2.05, 4.69) is 10.3 Å². The molecule has 2 heterocycles. The molecule has 9 heteroatoms. The summed E-state index contributed by atoms with van der Waals surface area (Å²) in [5.74, 6) is 1.50. The number of amides is 1. The second-order valence-electron chi connectivity index (χ2n) is 6.44. The Kier molecular flexibility index (Phi) is 6.44. The lowest BCUT2D eigenvalue weighted by atomic mass is 10.2. The zero-order valence-electron chi connectivity index (χ0n) is 15.2. The van der Waals surface area contributed by atoms with E-state index in [0.29, 0.717) is 12.2 Å². The molecule has 1 fully saturated rings. The first-order valence-electron chi connectivity index (χ1n) is 8.57. The third kappa shape index (κ3) is 5.46. The number of aromatic nitrogens is 1. The monoisotopic (exact) mass is 426 g/mol. The van der Waals surface area contributed by atoms with Gasteiger partial charge in [0, 0.05) is 22.7 Å². The van der Waals surface area contributed by atoms with Gasteiger partial charge in [-0.2, -0.15) is 0 Å². The quantitative estimate of drug-likeness (QED) is 0.733. The van der Waals surface area contributed by atoms with Crippen molar-refractivity contribution in [1.29, 1.82) is 0 Å². The molecule has 1 N–H and O–H groups in total. The molecule has 0 aliphatic carbocycles. The smallest absolute Gasteiger partial charge is 0.233 e. The van der Waals surface area contributed by atoms with Crippen LogP contribution in [0.3, 0.4) is 0 Å². The Morgan fingerprint density at radius 3 is 3.00 bits per heavy atom. The van der Waals surface area contributed by atoms with Gasteiger partial charge < -0.3 is 10.1 Å². The predicted octanol–water partition coefficient (Wildman–Crippen LogP) is 2.74. The van der Waals surface area contributed by atoms with Gasteiger partial charge in [-0.05, 0) is 25.5 Å². The summed E-state index contributed by atoms with van der Waals surface area (Å²) in [6.07, 6.45) is 0.501. The molecule has 1 aliphatic heterocycles. The highest BCUT2D eigenvalue weighted by Crippen LogP contribution is 2.28. The molecule has 146 valence electrons. The number of benzene rings is 1. The summed E-state index contributed by atoms with van der Waals surface area (Å²) in [5.41, 5.74) is 1.93. The number of nitrogens with one attached hydrogen (secondary N) is 1. The van der Waals surface area contributed by atoms with Crippen LogP contribution >= 0.6 is 23.1 Å². The Morgan fingerprint density at radius 2 is 2.30 bits per heavy atom. The molecule has 1 aliphatic rings. The Hall–Kier alpha value is -1.58. The van der Waals surface area contributed by atoms with Crippen molar-refractivity contribution in [2.75, 3.05) is 18.6 Å². The average molecular weight is 427 g/mol. The number of rotatable bonds is 7. The number of methoxy groups -OCH3 is 1. The highest BCUT2D eigenvalue weighted by Gasteiger charge is 2.30. The molecule has 0 saturated carbocycles. The first kappa shape index (κ1) is 20.2. The predicted molar refractivity (Wildman–Crippen MR) is 110 cm³/mol. The van der Waals surface area contributed by atoms with Gasteiger partial charge in [0.25, 0.3) is 0 Å². The van der Waals surface area contributed by atoms with Gasteiger partial charge >= 0.3 is 0 Å². The summed E-state index contributed by atoms with van der Waals surface area (Å²) in [7, 11) is -1.35. The molecular formula is C18H22N2O4S3. The molecule has 0 bridgehead atoms. The summed E-state index contributed by atoms with van der Waals surface area (Å²) < 4.78 is 28.2. The van der Waals surface area contributed by atoms with Gasteiger partial charge in [0.15, 0.2) is 9.84 Å². The van der Waals surface area contributed by atoms with Crippen LogP contribution in [-0.4, -0.2) is 49.2 Å². The number of nitrogens with zero attached hydrogens (tertiary/aromatic N) is 1. The largest absolute Gasteiger partial charge is 0.497 e. The van der Waals surface area contributed by atoms with Crippen LogP contribution in [-0.2, 0) is 20.4 Å². The maximum atomic E-state index is 12.3. The van der Waals surface area contributed by atoms with Gasteiger partial charge in [0.1, 0.15) is 10.8 Å². The molecule has 3 rings (SSSR count). The average Bonchev–Trinajstić information content (AvgIpc) is 3.26. The number of thioether (sulfide) groups is 1. The standard InChI is InChI=1S/C18H22N2O4S3/c1-12(17(21)19-14-6-7-27(22,23)11-14)25-9-15-10-26-18(20-15)13-4-3-5-16(8-13)24-2/h3-5,8,10,12,14H,6-7,9,11H2,1-2H3,(H,19,21)/t12-,14+/m1/s1. The number of carbonyl (C=O) groups is 1. The summed E-state index contributed by atoms with van der Waals surface area (Å²) in [4.78, 5) is 16.9. The summed E-state index contributed by atoms with van der Waals surface area (Å²) in [6.45, 7) is 1.83. The number of carbonyl (C=O) groups excluding carboxylic acids is 1. The van der Waals surface area contributed by atoms with Gasteiger partial charge in [-0.25, -0.2) is 13.4 Å². The van der Waals surface area contributed by atoms with Crippen molar-refractivity contribution in [1.82, 2.24) is 10.3 Å². The zero-order chi connectivity index (χ0) is 19.4. The van der Waals surface area contributed by atoms with Crippen LogP contribution in [0.25, 0.3) is 10.6 Å². The second kappa shape index (κ2) is 8.62. The highest BCUT2D eigenvalue weighted by molar-refractivity contribution is 7.99. The van der Waals surface area contributed by atoms with Gasteiger partial charge in [-0.3, -0.25) is 4.79 Å². The maximum Gasteiger partial charge on any atom is 0.233 e. The van der Waals surface area contributed by atoms with E-state index < -0.39 is 9.84 Å². The molecule has 1 aromatic carbocycles. The third-order valence-corrected chi connectivity index (χ3v) is 8.18. The van der Waals surface area contributed by atoms with Crippen molar-refractivity contribution in [3.05, 3.63) is 35.3 Å². The topological polar surface area (TPSA) is 85.4 Å². The first-order valence-corrected chi connectivity index (χ1v) is 12.3. The number of sulfone groups is 1. The molecular weight excluding hydrogens is 404 g/mol. The zero-order valence-corrected chi connectivity index (χ0v) is 17.6. The lowest BCUT2D eigenvalue weighted by Gasteiger charge is -2.15. The minimum Gasteiger partial charge on any atom is -0.497 e. The van der Waals surface area contributed by atoms with Crippen LogP contribution in [0.1, 0.15) is 19.0 Å². The summed E-state index contributed by atoms with van der Waals surface area (Å²) >= 11 is 3.06. The van der Waals surface area contributed by atoms with Crippen LogP contribution in [0.2, 0.25) is 0 Å². The summed E-state index contributed by atoms with van der Waals surface area (Å²) in [6, 6.07) is 7.50. The van der Waals surface area contributed by atoms with E-state index in [-0.39, 0.29) is 28.7 Å². The lowest BCUT2D eigenvalue weighted by Crippen LogP contribution is -2.40. The maximum absolute atomic E-state index is 12.3. The Morgan fingerprint density at radius 1 is 1.48 bits per heavy atom. The Labute approximate surface area is 167 Å². The van der Waals surface area contributed by atoms with Gasteiger partial charge in [-0.15, -0.1) is 23.1 Å². The molecule has 0 spiro atoms. The minimum absolute atomic E-state index is 0.0477. The second-order valence-corrected chi connectivity index (χ2v) is 10.9. The van der Waals surface area contributed by atoms with Gasteiger partial charge in [0.05, 0.1) is 29.6 Å². The Balaban J connectivity index is 1.52. The van der Waals surface area contributed by atoms with Crippen LogP contribution in [0.5, 0.6) is 5.75 Å². The van der Waals surface area contributed by atoms with Crippen molar-refractivity contribution in [2.24, 2.45) is 0 Å². The minimum atomic E-state index is -2.99. The number of thiazole rings is 1. The normalized spacial score (nSPS) is 19.6. The summed E-state index contributed by atoms with van der Waals surface area (Å²) in [5, 5.41) is 5.49. The van der Waals surface area contributed by atoms with E-state index in [0.717, 1.165) is 22.0 Å². The van der Waals surface area contributed by atoms with E-state index in [9.17, 15) is 13.2 Å². The van der Waals surface area contributed by atoms with Crippen molar-refractivity contribution in [3.63, 3.8) is 0 Å². The van der Waals surface area contributed by atoms with E-state index in [1.165, 1.54) is 11.8 Å². The van der Waals surface area contributed by atoms with Gasteiger partial charge in [0.2, 0.25) is 5.91 Å². The molecule has 1 amide bonds. The first-order chi connectivity index (χ1) is 12.9. The molecule has 6 nitrogen and oxygen atoms in total. The third-order valence-electron chi connectivity index (χ3n) is 4.30. The number of hydrogen-bond donors (Lipinski definition) is 1. The van der Waals surface area contributed by atoms with E-state index in [1.54, 1.807) is 18.4 Å². The Bertz CT molecular complexity index is 911. The number of ether oxygens (including phenoxy) is 1. The highest BCUT2D eigenvalue weighted by atomic mass is 32.2. The van der Waals surface area contributed by atoms with Crippen molar-refractivity contribution in [2.45, 2.75) is 30.4 Å². The molecule has 2 atom stereocenters. The fraction of sp³-hybridized carbons (Fsp3) is 0.444. The van der Waals surface area contributed by atoms with Crippen LogP contribution < -0.4 is 10.1 Å². The van der Waals surface area contributed by atoms with Crippen molar-refractivity contribution in [3.8, 4) is 16.3 Å². The lowest BCUT2D eigenvalue weighted by molar-refractivity contribution is -0.120. The molecule has 0 radical (unpaired) electrons. The fourth-order valence-corrected chi connectivity index (χ4v) is 6.16. The molecule has 27 heavy (non-hydrogen) atoms. The van der Waals surface area contributed by atoms with Crippen molar-refractivity contribution < 1.29 is 17.9 Å². The van der Waals surface area contributed by atoms with E-state index >= 15 is 0 Å². The molecule has 2 aromatic rings. The SMILES string of the molecule is COc1cccc(-c2nc(CS[C@H](C)C(=O)N[C@H]3CCS(=O)(=O)C3)cs2)c1. The fourth-order valence-electron chi connectivity index (χ4n) is 2.78. The van der Waals surface area contributed by atoms with E-state index in [4.69, 9.17) is 4.74 Å². The number of hydrogen-bond acceptors (Lipinski definition) is 7. The molecule has 0 unspecified atom stereocenters. The van der Waals surface area contributed by atoms with Crippen LogP contribution in [0, 0.1) is 0 Å². The molecule has 1 aromatic heterocycles.